The molecule has 4 heteroatoms. The van der Waals surface area contributed by atoms with Crippen molar-refractivity contribution in [2.45, 2.75) is 18.8 Å². The fraction of sp³-hybridized carbons (Fsp3) is 0.238. The van der Waals surface area contributed by atoms with Gasteiger partial charge in [-0.25, -0.2) is 4.79 Å². The highest BCUT2D eigenvalue weighted by Crippen LogP contribution is 2.34. The third-order valence-corrected chi connectivity index (χ3v) is 5.12. The number of likely N-dealkylation sites (tertiary alicyclic amines) is 1. The number of urea groups is 1. The van der Waals surface area contributed by atoms with Crippen LogP contribution in [0.2, 0.25) is 0 Å². The lowest BCUT2D eigenvalue weighted by Gasteiger charge is -2.25. The van der Waals surface area contributed by atoms with Gasteiger partial charge in [0.1, 0.15) is 0 Å². The van der Waals surface area contributed by atoms with Crippen LogP contribution >= 0.6 is 0 Å². The van der Waals surface area contributed by atoms with Gasteiger partial charge in [-0.15, -0.1) is 0 Å². The van der Waals surface area contributed by atoms with Gasteiger partial charge in [-0.3, -0.25) is 4.98 Å². The third kappa shape index (κ3) is 2.95. The Kier molecular flexibility index (Phi) is 3.88. The molecular weight excluding hydrogens is 310 g/mol. The predicted octanol–water partition coefficient (Wildman–Crippen LogP) is 4.43. The minimum atomic E-state index is -0.0454. The number of carbonyl (C=O) groups excluding carboxylic acids is 1. The second-order valence-electron chi connectivity index (χ2n) is 6.90. The molecule has 4 rings (SSSR count). The number of hydrogen-bond acceptors (Lipinski definition) is 2. The maximum Gasteiger partial charge on any atom is 0.321 e. The Hall–Kier alpha value is -2.88. The monoisotopic (exact) mass is 331 g/mol. The van der Waals surface area contributed by atoms with E-state index in [0.29, 0.717) is 0 Å². The number of fused-ring (bicyclic) bond motifs is 1. The molecule has 4 nitrogen and oxygen atoms in total. The molecule has 1 fully saturated rings. The first-order chi connectivity index (χ1) is 12.2. The van der Waals surface area contributed by atoms with E-state index in [1.807, 2.05) is 41.3 Å². The smallest absolute Gasteiger partial charge is 0.321 e. The minimum absolute atomic E-state index is 0.0128. The minimum Gasteiger partial charge on any atom is -0.324 e. The number of aromatic nitrogens is 1. The molecule has 126 valence electrons. The second-order valence-corrected chi connectivity index (χ2v) is 6.90. The highest BCUT2D eigenvalue weighted by molar-refractivity contribution is 6.00. The highest BCUT2D eigenvalue weighted by atomic mass is 16.2. The molecule has 2 heterocycles. The molecule has 1 aliphatic rings. The Labute approximate surface area is 147 Å². The summed E-state index contributed by atoms with van der Waals surface area (Å²) in [7, 11) is 0. The number of nitrogens with zero attached hydrogens (tertiary/aromatic N) is 2. The summed E-state index contributed by atoms with van der Waals surface area (Å²) >= 11 is 0. The molecule has 1 unspecified atom stereocenters. The summed E-state index contributed by atoms with van der Waals surface area (Å²) in [6.07, 6.45) is 2.71. The van der Waals surface area contributed by atoms with Crippen molar-refractivity contribution in [3.05, 3.63) is 72.4 Å². The first-order valence-electron chi connectivity index (χ1n) is 8.61. The fourth-order valence-corrected chi connectivity index (χ4v) is 3.61. The number of anilines is 1. The predicted molar refractivity (Wildman–Crippen MR) is 101 cm³/mol. The largest absolute Gasteiger partial charge is 0.324 e. The number of hydrogen-bond donors (Lipinski definition) is 1. The van der Waals surface area contributed by atoms with E-state index >= 15 is 0 Å². The van der Waals surface area contributed by atoms with E-state index in [1.54, 1.807) is 6.20 Å². The van der Waals surface area contributed by atoms with Crippen LogP contribution in [0.3, 0.4) is 0 Å². The maximum atomic E-state index is 12.8. The summed E-state index contributed by atoms with van der Waals surface area (Å²) in [6, 6.07) is 20.1. The van der Waals surface area contributed by atoms with Crippen LogP contribution in [0, 0.1) is 0 Å². The van der Waals surface area contributed by atoms with E-state index in [9.17, 15) is 4.79 Å². The Morgan fingerprint density at radius 1 is 1.08 bits per heavy atom. The van der Waals surface area contributed by atoms with Gasteiger partial charge in [-0.2, -0.15) is 0 Å². The van der Waals surface area contributed by atoms with E-state index in [0.717, 1.165) is 36.1 Å². The number of amides is 2. The number of rotatable bonds is 2. The molecule has 0 radical (unpaired) electrons. The van der Waals surface area contributed by atoms with Crippen molar-refractivity contribution in [3.8, 4) is 0 Å². The fourth-order valence-electron chi connectivity index (χ4n) is 3.61. The first-order valence-corrected chi connectivity index (χ1v) is 8.61. The molecule has 0 spiro atoms. The molecule has 1 aliphatic heterocycles. The second kappa shape index (κ2) is 6.20. The Balaban J connectivity index is 1.52. The zero-order valence-electron chi connectivity index (χ0n) is 14.3. The molecule has 0 aliphatic carbocycles. The van der Waals surface area contributed by atoms with Crippen molar-refractivity contribution < 1.29 is 4.79 Å². The quantitative estimate of drug-likeness (QED) is 0.755. The van der Waals surface area contributed by atoms with Crippen LogP contribution in [0.15, 0.2) is 66.9 Å². The van der Waals surface area contributed by atoms with Gasteiger partial charge in [-0.05, 0) is 24.1 Å². The standard InChI is InChI=1S/C21H21N3O/c1-21(16-7-3-2-4-8-16)12-14-24(15-21)20(25)23-19-11-13-22-18-10-6-5-9-17(18)19/h2-11,13H,12,14-15H2,1H3,(H,22,23,25). The Bertz CT molecular complexity index is 904. The van der Waals surface area contributed by atoms with E-state index in [1.165, 1.54) is 5.56 Å². The van der Waals surface area contributed by atoms with Crippen molar-refractivity contribution in [2.75, 3.05) is 18.4 Å². The van der Waals surface area contributed by atoms with E-state index in [2.05, 4.69) is 41.5 Å². The van der Waals surface area contributed by atoms with Gasteiger partial charge in [0.05, 0.1) is 11.2 Å². The number of nitrogens with one attached hydrogen (secondary N) is 1. The molecule has 25 heavy (non-hydrogen) atoms. The molecule has 1 saturated heterocycles. The molecule has 2 aromatic carbocycles. The van der Waals surface area contributed by atoms with Gasteiger partial charge >= 0.3 is 6.03 Å². The summed E-state index contributed by atoms with van der Waals surface area (Å²) in [5.41, 5.74) is 3.00. The highest BCUT2D eigenvalue weighted by Gasteiger charge is 2.37. The summed E-state index contributed by atoms with van der Waals surface area (Å²) in [4.78, 5) is 19.0. The lowest BCUT2D eigenvalue weighted by Crippen LogP contribution is -2.35. The zero-order chi connectivity index (χ0) is 17.3. The van der Waals surface area contributed by atoms with Crippen LogP contribution in [-0.4, -0.2) is 29.0 Å². The molecule has 2 amide bonds. The van der Waals surface area contributed by atoms with Crippen LogP contribution in [-0.2, 0) is 5.41 Å². The van der Waals surface area contributed by atoms with Crippen LogP contribution in [0.1, 0.15) is 18.9 Å². The average molecular weight is 331 g/mol. The van der Waals surface area contributed by atoms with Gasteiger partial charge in [0.2, 0.25) is 0 Å². The molecular formula is C21H21N3O. The van der Waals surface area contributed by atoms with Crippen molar-refractivity contribution in [1.29, 1.82) is 0 Å². The van der Waals surface area contributed by atoms with E-state index in [4.69, 9.17) is 0 Å². The van der Waals surface area contributed by atoms with E-state index in [-0.39, 0.29) is 11.4 Å². The van der Waals surface area contributed by atoms with Crippen molar-refractivity contribution in [2.24, 2.45) is 0 Å². The first kappa shape index (κ1) is 15.6. The molecule has 3 aromatic rings. The summed E-state index contributed by atoms with van der Waals surface area (Å²) < 4.78 is 0. The zero-order valence-corrected chi connectivity index (χ0v) is 14.3. The number of para-hydroxylation sites is 1. The van der Waals surface area contributed by atoms with Crippen molar-refractivity contribution >= 4 is 22.6 Å². The average Bonchev–Trinajstić information content (AvgIpc) is 3.07. The van der Waals surface area contributed by atoms with Crippen LogP contribution in [0.25, 0.3) is 10.9 Å². The van der Waals surface area contributed by atoms with Crippen molar-refractivity contribution in [1.82, 2.24) is 9.88 Å². The Morgan fingerprint density at radius 2 is 1.84 bits per heavy atom. The topological polar surface area (TPSA) is 45.2 Å². The number of pyridine rings is 1. The van der Waals surface area contributed by atoms with Crippen molar-refractivity contribution in [3.63, 3.8) is 0 Å². The summed E-state index contributed by atoms with van der Waals surface area (Å²) in [6.45, 7) is 3.73. The maximum absolute atomic E-state index is 12.8. The molecule has 0 saturated carbocycles. The molecule has 0 bridgehead atoms. The number of benzene rings is 2. The summed E-state index contributed by atoms with van der Waals surface area (Å²) in [5, 5.41) is 4.02. The SMILES string of the molecule is CC1(c2ccccc2)CCN(C(=O)Nc2ccnc3ccccc23)C1. The van der Waals surface area contributed by atoms with Gasteiger partial charge in [0.25, 0.3) is 0 Å². The van der Waals surface area contributed by atoms with Crippen LogP contribution in [0.4, 0.5) is 10.5 Å². The lowest BCUT2D eigenvalue weighted by atomic mass is 9.82. The van der Waals surface area contributed by atoms with Crippen LogP contribution < -0.4 is 5.32 Å². The Morgan fingerprint density at radius 3 is 2.68 bits per heavy atom. The normalized spacial score (nSPS) is 20.0. The van der Waals surface area contributed by atoms with Gasteiger partial charge in [0.15, 0.2) is 0 Å². The van der Waals surface area contributed by atoms with Gasteiger partial charge < -0.3 is 10.2 Å². The van der Waals surface area contributed by atoms with Crippen LogP contribution in [0.5, 0.6) is 0 Å². The molecule has 1 N–H and O–H groups in total. The third-order valence-electron chi connectivity index (χ3n) is 5.12. The summed E-state index contributed by atoms with van der Waals surface area (Å²) in [5.74, 6) is 0. The van der Waals surface area contributed by atoms with E-state index < -0.39 is 0 Å². The van der Waals surface area contributed by atoms with Gasteiger partial charge in [-0.1, -0.05) is 55.5 Å². The molecule has 1 aromatic heterocycles. The number of carbonyl (C=O) groups is 1. The lowest BCUT2D eigenvalue weighted by molar-refractivity contribution is 0.220. The molecule has 1 atom stereocenters. The van der Waals surface area contributed by atoms with Gasteiger partial charge in [0, 0.05) is 30.1 Å².